The summed E-state index contributed by atoms with van der Waals surface area (Å²) in [7, 11) is 0. The van der Waals surface area contributed by atoms with Gasteiger partial charge in [0.25, 0.3) is 11.8 Å². The van der Waals surface area contributed by atoms with Crippen LogP contribution in [0.25, 0.3) is 22.0 Å². The predicted molar refractivity (Wildman–Crippen MR) is 131 cm³/mol. The summed E-state index contributed by atoms with van der Waals surface area (Å²) in [5.74, 6) is 0.633. The minimum Gasteiger partial charge on any atom is -0.380 e. The van der Waals surface area contributed by atoms with E-state index in [1.807, 2.05) is 30.3 Å². The predicted octanol–water partition coefficient (Wildman–Crippen LogP) is 2.99. The number of hydrogen-bond acceptors (Lipinski definition) is 5. The van der Waals surface area contributed by atoms with Gasteiger partial charge in [0, 0.05) is 36.5 Å². The van der Waals surface area contributed by atoms with Crippen LogP contribution in [0.4, 0.5) is 0 Å². The first-order valence-corrected chi connectivity index (χ1v) is 12.4. The summed E-state index contributed by atoms with van der Waals surface area (Å²) in [5.41, 5.74) is 1.96. The first-order valence-electron chi connectivity index (χ1n) is 12.0. The average Bonchev–Trinajstić information content (AvgIpc) is 3.70. The van der Waals surface area contributed by atoms with Gasteiger partial charge >= 0.3 is 0 Å². The van der Waals surface area contributed by atoms with Crippen LogP contribution in [0.5, 0.6) is 0 Å². The highest BCUT2D eigenvalue weighted by atomic mass is 35.5. The zero-order valence-corrected chi connectivity index (χ0v) is 19.8. The number of carbonyl (C=O) groups is 2. The van der Waals surface area contributed by atoms with E-state index in [2.05, 4.69) is 16.3 Å². The van der Waals surface area contributed by atoms with E-state index < -0.39 is 11.1 Å². The lowest BCUT2D eigenvalue weighted by molar-refractivity contribution is -0.149. The second kappa shape index (κ2) is 7.15. The Kier molecular flexibility index (Phi) is 4.31. The molecule has 2 amide bonds. The third kappa shape index (κ3) is 3.31. The molecular weight excluding hydrogens is 466 g/mol. The summed E-state index contributed by atoms with van der Waals surface area (Å²) in [5, 5.41) is 18.7. The van der Waals surface area contributed by atoms with Gasteiger partial charge in [-0.05, 0) is 61.1 Å². The SMILES string of the molecule is O=C(N1CC(CN2C(=O)C3(CC3)N=C2c2ccc(-c3ccc4[nH]ncc4c3)cc2Cl)C1)C1(O)CC1. The van der Waals surface area contributed by atoms with Gasteiger partial charge in [-0.25, -0.2) is 0 Å². The van der Waals surface area contributed by atoms with Crippen LogP contribution in [-0.4, -0.2) is 73.5 Å². The molecule has 8 nitrogen and oxygen atoms in total. The van der Waals surface area contributed by atoms with Gasteiger partial charge in [-0.1, -0.05) is 23.7 Å². The van der Waals surface area contributed by atoms with Crippen molar-refractivity contribution in [1.82, 2.24) is 20.0 Å². The Morgan fingerprint density at radius 1 is 1.11 bits per heavy atom. The smallest absolute Gasteiger partial charge is 0.256 e. The van der Waals surface area contributed by atoms with Crippen molar-refractivity contribution in [2.75, 3.05) is 19.6 Å². The molecule has 1 saturated heterocycles. The molecule has 9 heteroatoms. The van der Waals surface area contributed by atoms with Crippen molar-refractivity contribution in [2.24, 2.45) is 10.9 Å². The number of H-pyrrole nitrogens is 1. The number of amidine groups is 1. The van der Waals surface area contributed by atoms with Gasteiger partial charge < -0.3 is 10.0 Å². The van der Waals surface area contributed by atoms with Crippen molar-refractivity contribution >= 4 is 40.2 Å². The number of nitrogens with zero attached hydrogens (tertiary/aromatic N) is 4. The minimum atomic E-state index is -1.14. The van der Waals surface area contributed by atoms with Gasteiger partial charge in [-0.2, -0.15) is 5.10 Å². The summed E-state index contributed by atoms with van der Waals surface area (Å²) in [6.07, 6.45) is 4.40. The number of aliphatic imine (C=N–C) groups is 1. The molecule has 3 aromatic rings. The molecule has 0 radical (unpaired) electrons. The molecule has 1 spiro atoms. The molecule has 178 valence electrons. The van der Waals surface area contributed by atoms with E-state index >= 15 is 0 Å². The molecule has 4 aliphatic rings. The second-order valence-electron chi connectivity index (χ2n) is 10.4. The number of aromatic amines is 1. The number of hydrogen-bond donors (Lipinski definition) is 2. The van der Waals surface area contributed by atoms with Crippen molar-refractivity contribution in [3.05, 3.63) is 53.2 Å². The van der Waals surface area contributed by atoms with Crippen molar-refractivity contribution in [1.29, 1.82) is 0 Å². The number of carbonyl (C=O) groups excluding carboxylic acids is 2. The van der Waals surface area contributed by atoms with Crippen molar-refractivity contribution < 1.29 is 14.7 Å². The van der Waals surface area contributed by atoms with Crippen LogP contribution < -0.4 is 0 Å². The molecule has 0 bridgehead atoms. The number of rotatable bonds is 5. The second-order valence-corrected chi connectivity index (χ2v) is 10.8. The molecular formula is C26H24ClN5O3. The molecule has 2 aliphatic heterocycles. The number of aliphatic hydroxyl groups is 1. The molecule has 3 fully saturated rings. The Labute approximate surface area is 206 Å². The molecule has 0 unspecified atom stereocenters. The fourth-order valence-corrected chi connectivity index (χ4v) is 5.48. The lowest BCUT2D eigenvalue weighted by Crippen LogP contribution is -2.57. The molecule has 2 aromatic carbocycles. The van der Waals surface area contributed by atoms with Gasteiger partial charge in [-0.3, -0.25) is 24.6 Å². The Balaban J connectivity index is 1.13. The number of halogens is 1. The number of fused-ring (bicyclic) bond motifs is 1. The third-order valence-electron chi connectivity index (χ3n) is 7.73. The molecule has 7 rings (SSSR count). The molecule has 35 heavy (non-hydrogen) atoms. The van der Waals surface area contributed by atoms with E-state index in [9.17, 15) is 14.7 Å². The lowest BCUT2D eigenvalue weighted by atomic mass is 9.97. The van der Waals surface area contributed by atoms with E-state index in [0.29, 0.717) is 43.3 Å². The Morgan fingerprint density at radius 3 is 2.57 bits per heavy atom. The minimum absolute atomic E-state index is 0.0312. The number of likely N-dealkylation sites (tertiary alicyclic amines) is 1. The van der Waals surface area contributed by atoms with E-state index in [1.54, 1.807) is 16.0 Å². The molecule has 2 aliphatic carbocycles. The van der Waals surface area contributed by atoms with E-state index in [0.717, 1.165) is 40.4 Å². The van der Waals surface area contributed by atoms with Gasteiger partial charge in [0.1, 0.15) is 17.0 Å². The monoisotopic (exact) mass is 489 g/mol. The highest BCUT2D eigenvalue weighted by molar-refractivity contribution is 6.35. The molecule has 0 atom stereocenters. The number of amides is 2. The van der Waals surface area contributed by atoms with Crippen molar-refractivity contribution in [3.63, 3.8) is 0 Å². The summed E-state index contributed by atoms with van der Waals surface area (Å²) < 4.78 is 0. The van der Waals surface area contributed by atoms with Gasteiger partial charge in [-0.15, -0.1) is 0 Å². The number of nitrogens with one attached hydrogen (secondary N) is 1. The zero-order valence-electron chi connectivity index (χ0n) is 19.0. The summed E-state index contributed by atoms with van der Waals surface area (Å²) >= 11 is 6.77. The van der Waals surface area contributed by atoms with Crippen LogP contribution >= 0.6 is 11.6 Å². The first kappa shape index (κ1) is 21.1. The maximum Gasteiger partial charge on any atom is 0.256 e. The largest absolute Gasteiger partial charge is 0.380 e. The summed E-state index contributed by atoms with van der Waals surface area (Å²) in [6, 6.07) is 11.9. The quantitative estimate of drug-likeness (QED) is 0.575. The van der Waals surface area contributed by atoms with Gasteiger partial charge in [0.05, 0.1) is 16.7 Å². The molecule has 3 heterocycles. The Bertz CT molecular complexity index is 1430. The molecule has 1 aromatic heterocycles. The van der Waals surface area contributed by atoms with Crippen LogP contribution in [0.2, 0.25) is 5.02 Å². The lowest BCUT2D eigenvalue weighted by Gasteiger charge is -2.42. The summed E-state index contributed by atoms with van der Waals surface area (Å²) in [6.45, 7) is 1.60. The van der Waals surface area contributed by atoms with Crippen LogP contribution in [0.15, 0.2) is 47.6 Å². The van der Waals surface area contributed by atoms with E-state index in [4.69, 9.17) is 16.6 Å². The van der Waals surface area contributed by atoms with Crippen molar-refractivity contribution in [2.45, 2.75) is 36.8 Å². The number of benzene rings is 2. The highest BCUT2D eigenvalue weighted by Gasteiger charge is 2.58. The molecule has 2 saturated carbocycles. The topological polar surface area (TPSA) is 102 Å². The summed E-state index contributed by atoms with van der Waals surface area (Å²) in [4.78, 5) is 33.9. The fourth-order valence-electron chi connectivity index (χ4n) is 5.21. The normalized spacial score (nSPS) is 22.0. The van der Waals surface area contributed by atoms with Crippen LogP contribution in [-0.2, 0) is 9.59 Å². The average molecular weight is 490 g/mol. The maximum absolute atomic E-state index is 13.3. The van der Waals surface area contributed by atoms with E-state index in [-0.39, 0.29) is 17.7 Å². The zero-order chi connectivity index (χ0) is 23.9. The first-order chi connectivity index (χ1) is 16.9. The molecule has 2 N–H and O–H groups in total. The van der Waals surface area contributed by atoms with Crippen molar-refractivity contribution in [3.8, 4) is 11.1 Å². The highest BCUT2D eigenvalue weighted by Crippen LogP contribution is 2.47. The van der Waals surface area contributed by atoms with Gasteiger partial charge in [0.15, 0.2) is 0 Å². The number of aromatic nitrogens is 2. The Morgan fingerprint density at radius 2 is 1.86 bits per heavy atom. The Hall–Kier alpha value is -3.23. The maximum atomic E-state index is 13.3. The van der Waals surface area contributed by atoms with E-state index in [1.165, 1.54) is 0 Å². The van der Waals surface area contributed by atoms with Crippen LogP contribution in [0, 0.1) is 5.92 Å². The van der Waals surface area contributed by atoms with Crippen LogP contribution in [0.3, 0.4) is 0 Å². The van der Waals surface area contributed by atoms with Gasteiger partial charge in [0.2, 0.25) is 0 Å². The third-order valence-corrected chi connectivity index (χ3v) is 8.05. The van der Waals surface area contributed by atoms with Crippen LogP contribution in [0.1, 0.15) is 31.2 Å². The fraction of sp³-hybridized carbons (Fsp3) is 0.385. The standard InChI is InChI=1S/C26H24ClN5O3/c27-20-10-17(16-2-4-21-18(9-16)11-28-30-21)1-3-19(20)22-29-25(5-6-25)23(33)32(22)14-15-12-31(13-15)24(34)26(35)7-8-26/h1-4,9-11,15,35H,5-8,12-14H2,(H,28,30).